The molecule has 41 heavy (non-hydrogen) atoms. The maximum atomic E-state index is 15.0. The molecule has 2 N–H and O–H groups in total. The minimum absolute atomic E-state index is 0.00643. The van der Waals surface area contributed by atoms with Crippen LogP contribution in [0.1, 0.15) is 46.4 Å². The Morgan fingerprint density at radius 3 is 2.24 bits per heavy atom. The molecule has 0 spiro atoms. The van der Waals surface area contributed by atoms with E-state index in [1.165, 1.54) is 18.2 Å². The number of carbonyl (C=O) groups is 1. The number of hydrogen-bond acceptors (Lipinski definition) is 6. The summed E-state index contributed by atoms with van der Waals surface area (Å²) in [6.45, 7) is 0.849. The van der Waals surface area contributed by atoms with E-state index < -0.39 is 91.9 Å². The van der Waals surface area contributed by atoms with Crippen LogP contribution in [0.3, 0.4) is 0 Å². The van der Waals surface area contributed by atoms with Crippen LogP contribution < -0.4 is 10.1 Å². The molecule has 7 nitrogen and oxygen atoms in total. The van der Waals surface area contributed by atoms with Gasteiger partial charge in [0.2, 0.25) is 5.82 Å². The van der Waals surface area contributed by atoms with Crippen LogP contribution in [0.2, 0.25) is 0 Å². The Kier molecular flexibility index (Phi) is 7.52. The average Bonchev–Trinajstić information content (AvgIpc) is 2.80. The van der Waals surface area contributed by atoms with E-state index in [0.717, 1.165) is 19.2 Å². The number of halogens is 8. The number of anilines is 1. The molecule has 1 unspecified atom stereocenters. The molecule has 16 heteroatoms. The number of ether oxygens (including phenoxy) is 1. The number of carbonyl (C=O) groups excluding carboxylic acids is 1. The second kappa shape index (κ2) is 10.2. The van der Waals surface area contributed by atoms with E-state index in [-0.39, 0.29) is 17.0 Å². The maximum Gasteiger partial charge on any atom is 0.435 e. The van der Waals surface area contributed by atoms with Crippen molar-refractivity contribution in [3.05, 3.63) is 70.4 Å². The van der Waals surface area contributed by atoms with Gasteiger partial charge in [-0.2, -0.15) is 30.7 Å². The maximum absolute atomic E-state index is 15.0. The van der Waals surface area contributed by atoms with Crippen molar-refractivity contribution in [2.45, 2.75) is 48.8 Å². The number of nitrogens with one attached hydrogen (secondary N) is 2. The van der Waals surface area contributed by atoms with E-state index in [0.29, 0.717) is 12.1 Å². The van der Waals surface area contributed by atoms with Crippen LogP contribution >= 0.6 is 0 Å². The van der Waals surface area contributed by atoms with Crippen molar-refractivity contribution in [1.82, 2.24) is 10.2 Å². The summed E-state index contributed by atoms with van der Waals surface area (Å²) in [6.07, 6.45) is -9.64. The van der Waals surface area contributed by atoms with Gasteiger partial charge in [-0.15, -0.1) is 10.2 Å². The van der Waals surface area contributed by atoms with Crippen LogP contribution in [0, 0.1) is 23.3 Å². The number of benzene rings is 2. The Hall–Kier alpha value is -3.82. The fourth-order valence-electron chi connectivity index (χ4n) is 4.44. The SMILES string of the molecule is Cc1c(C(F)(F)F)nnc(Oc2ccc(C3(C(F)(F)F)CCC3)c(F)c2F)c1C(=O)Nc1cccc(S(C)(=N)=O)c1. The van der Waals surface area contributed by atoms with E-state index in [4.69, 9.17) is 9.52 Å². The van der Waals surface area contributed by atoms with Gasteiger partial charge in [-0.3, -0.25) is 4.79 Å². The number of alkyl halides is 6. The van der Waals surface area contributed by atoms with E-state index in [1.807, 2.05) is 0 Å². The third-order valence-electron chi connectivity index (χ3n) is 6.74. The minimum atomic E-state index is -5.09. The van der Waals surface area contributed by atoms with Crippen molar-refractivity contribution >= 4 is 21.3 Å². The predicted molar refractivity (Wildman–Crippen MR) is 129 cm³/mol. The first-order valence-corrected chi connectivity index (χ1v) is 13.7. The van der Waals surface area contributed by atoms with Crippen molar-refractivity contribution < 1.29 is 48.9 Å². The first kappa shape index (κ1) is 30.1. The molecule has 220 valence electrons. The molecule has 1 amide bonds. The van der Waals surface area contributed by atoms with Crippen LogP contribution in [0.15, 0.2) is 41.3 Å². The van der Waals surface area contributed by atoms with Crippen molar-refractivity contribution in [3.63, 3.8) is 0 Å². The van der Waals surface area contributed by atoms with Crippen molar-refractivity contribution in [3.8, 4) is 11.6 Å². The minimum Gasteiger partial charge on any atom is -0.434 e. The van der Waals surface area contributed by atoms with E-state index >= 15 is 0 Å². The lowest BCUT2D eigenvalue weighted by molar-refractivity contribution is -0.213. The quantitative estimate of drug-likeness (QED) is 0.290. The van der Waals surface area contributed by atoms with Gasteiger partial charge >= 0.3 is 12.4 Å². The van der Waals surface area contributed by atoms with Crippen LogP contribution in [-0.4, -0.2) is 32.7 Å². The molecule has 1 aliphatic carbocycles. The molecule has 4 rings (SSSR count). The molecule has 0 aliphatic heterocycles. The second-order valence-corrected chi connectivity index (χ2v) is 11.6. The molecule has 1 aliphatic rings. The molecular weight excluding hydrogens is 588 g/mol. The molecule has 1 atom stereocenters. The Morgan fingerprint density at radius 1 is 1.05 bits per heavy atom. The summed E-state index contributed by atoms with van der Waals surface area (Å²) in [6, 6.07) is 6.41. The second-order valence-electron chi connectivity index (χ2n) is 9.45. The third-order valence-corrected chi connectivity index (χ3v) is 7.89. The summed E-state index contributed by atoms with van der Waals surface area (Å²) in [5, 5.41) is 8.48. The standard InChI is InChI=1S/C25H20F8N4O3S/c1-12-17(21(38)35-13-5-3-6-14(11-13)41(2,34)39)22(37-36-20(12)24(28,29)30)40-16-8-7-15(18(26)19(16)27)23(9-4-10-23)25(31,32)33/h3,5-8,11,34H,4,9-10H2,1-2H3,(H,35,38). The monoisotopic (exact) mass is 608 g/mol. The summed E-state index contributed by atoms with van der Waals surface area (Å²) in [7, 11) is -3.23. The highest BCUT2D eigenvalue weighted by atomic mass is 32.2. The smallest absolute Gasteiger partial charge is 0.434 e. The van der Waals surface area contributed by atoms with Gasteiger partial charge in [0.1, 0.15) is 5.56 Å². The number of nitrogens with zero attached hydrogens (tertiary/aromatic N) is 2. The van der Waals surface area contributed by atoms with E-state index in [9.17, 15) is 44.1 Å². The molecule has 0 radical (unpaired) electrons. The van der Waals surface area contributed by atoms with Gasteiger partial charge in [0.15, 0.2) is 17.3 Å². The molecule has 0 saturated heterocycles. The number of amides is 1. The number of rotatable bonds is 6. The lowest BCUT2D eigenvalue weighted by atomic mass is 9.63. The third kappa shape index (κ3) is 5.56. The molecule has 3 aromatic rings. The molecule has 1 aromatic heterocycles. The normalized spacial score (nSPS) is 16.4. The molecule has 1 saturated carbocycles. The van der Waals surface area contributed by atoms with Crippen molar-refractivity contribution in [2.75, 3.05) is 11.6 Å². The van der Waals surface area contributed by atoms with Gasteiger partial charge in [-0.1, -0.05) is 18.6 Å². The summed E-state index contributed by atoms with van der Waals surface area (Å²) in [4.78, 5) is 13.1. The highest BCUT2D eigenvalue weighted by molar-refractivity contribution is 7.91. The summed E-state index contributed by atoms with van der Waals surface area (Å²) in [5.41, 5.74) is -6.91. The Labute approximate surface area is 227 Å². The zero-order valence-electron chi connectivity index (χ0n) is 21.1. The lowest BCUT2D eigenvalue weighted by Gasteiger charge is -2.43. The summed E-state index contributed by atoms with van der Waals surface area (Å²) >= 11 is 0. The highest BCUT2D eigenvalue weighted by Gasteiger charge is 2.60. The largest absolute Gasteiger partial charge is 0.435 e. The molecule has 1 fully saturated rings. The fourth-order valence-corrected chi connectivity index (χ4v) is 5.13. The zero-order valence-corrected chi connectivity index (χ0v) is 22.0. The molecule has 2 aromatic carbocycles. The number of aromatic nitrogens is 2. The van der Waals surface area contributed by atoms with Crippen molar-refractivity contribution in [1.29, 1.82) is 4.78 Å². The van der Waals surface area contributed by atoms with E-state index in [1.54, 1.807) is 0 Å². The lowest BCUT2D eigenvalue weighted by Crippen LogP contribution is -2.48. The summed E-state index contributed by atoms with van der Waals surface area (Å²) < 4.78 is 136. The van der Waals surface area contributed by atoms with Crippen molar-refractivity contribution in [2.24, 2.45) is 0 Å². The fraction of sp³-hybridized carbons (Fsp3) is 0.320. The molecule has 1 heterocycles. The predicted octanol–water partition coefficient (Wildman–Crippen LogP) is 7.15. The van der Waals surface area contributed by atoms with Crippen LogP contribution in [0.25, 0.3) is 0 Å². The van der Waals surface area contributed by atoms with Crippen LogP contribution in [0.4, 0.5) is 40.8 Å². The van der Waals surface area contributed by atoms with Crippen LogP contribution in [-0.2, 0) is 21.3 Å². The molecular formula is C25H20F8N4O3S. The Balaban J connectivity index is 1.77. The topological polar surface area (TPSA) is 105 Å². The highest BCUT2D eigenvalue weighted by Crippen LogP contribution is 2.55. The summed E-state index contributed by atoms with van der Waals surface area (Å²) in [5.74, 6) is -7.05. The molecule has 0 bridgehead atoms. The first-order chi connectivity index (χ1) is 18.9. The van der Waals surface area contributed by atoms with E-state index in [2.05, 4.69) is 15.5 Å². The van der Waals surface area contributed by atoms with Gasteiger partial charge < -0.3 is 10.1 Å². The average molecular weight is 609 g/mol. The Morgan fingerprint density at radius 2 is 1.71 bits per heavy atom. The van der Waals surface area contributed by atoms with Gasteiger partial charge in [0.25, 0.3) is 11.8 Å². The first-order valence-electron chi connectivity index (χ1n) is 11.7. The van der Waals surface area contributed by atoms with Gasteiger partial charge in [-0.25, -0.2) is 13.4 Å². The van der Waals surface area contributed by atoms with Gasteiger partial charge in [0.05, 0.1) is 15.1 Å². The van der Waals surface area contributed by atoms with Gasteiger partial charge in [0, 0.05) is 22.4 Å². The van der Waals surface area contributed by atoms with Gasteiger partial charge in [-0.05, 0) is 49.6 Å². The number of hydrogen-bond donors (Lipinski definition) is 2. The van der Waals surface area contributed by atoms with Crippen LogP contribution in [0.5, 0.6) is 11.6 Å². The Bertz CT molecular complexity index is 1630. The zero-order chi connectivity index (χ0) is 30.5.